The molecule has 0 aromatic heterocycles. The number of hydrogen-bond acceptors (Lipinski definition) is 3. The van der Waals surface area contributed by atoms with Gasteiger partial charge in [-0.05, 0) is 12.1 Å². The SMILES string of the molecule is CNS(=O)(=O)N(C)NC(=O)c1ccccc1. The fraction of sp³-hybridized carbons (Fsp3) is 0.222. The van der Waals surface area contributed by atoms with E-state index in [1.165, 1.54) is 14.1 Å². The normalized spacial score (nSPS) is 11.4. The standard InChI is InChI=1S/C9H13N3O3S/c1-10-16(14,15)12(2)11-9(13)8-6-4-3-5-7-8/h3-7,10H,1-2H3,(H,11,13). The molecule has 1 rings (SSSR count). The predicted molar refractivity (Wildman–Crippen MR) is 59.7 cm³/mol. The van der Waals surface area contributed by atoms with Crippen molar-refractivity contribution >= 4 is 16.1 Å². The molecule has 0 fully saturated rings. The maximum atomic E-state index is 11.6. The smallest absolute Gasteiger partial charge is 0.270 e. The number of hydrogen-bond donors (Lipinski definition) is 2. The summed E-state index contributed by atoms with van der Waals surface area (Å²) in [6, 6.07) is 8.35. The number of nitrogens with one attached hydrogen (secondary N) is 2. The monoisotopic (exact) mass is 243 g/mol. The molecule has 2 N–H and O–H groups in total. The first kappa shape index (κ1) is 12.6. The molecule has 0 aliphatic rings. The van der Waals surface area contributed by atoms with Crippen LogP contribution < -0.4 is 10.1 Å². The van der Waals surface area contributed by atoms with Crippen LogP contribution in [0.15, 0.2) is 30.3 Å². The second kappa shape index (κ2) is 5.06. The van der Waals surface area contributed by atoms with Crippen molar-refractivity contribution in [3.8, 4) is 0 Å². The van der Waals surface area contributed by atoms with E-state index in [-0.39, 0.29) is 0 Å². The van der Waals surface area contributed by atoms with Crippen molar-refractivity contribution < 1.29 is 13.2 Å². The molecule has 1 aromatic carbocycles. The molecule has 0 atom stereocenters. The zero-order chi connectivity index (χ0) is 12.2. The summed E-state index contributed by atoms with van der Waals surface area (Å²) < 4.78 is 25.3. The Hall–Kier alpha value is -1.44. The quantitative estimate of drug-likeness (QED) is 0.714. The average Bonchev–Trinajstić information content (AvgIpc) is 2.30. The lowest BCUT2D eigenvalue weighted by molar-refractivity contribution is 0.0893. The van der Waals surface area contributed by atoms with Gasteiger partial charge in [-0.2, -0.15) is 8.42 Å². The van der Waals surface area contributed by atoms with E-state index in [1.807, 2.05) is 0 Å². The largest absolute Gasteiger partial charge is 0.296 e. The van der Waals surface area contributed by atoms with Crippen LogP contribution in [-0.2, 0) is 10.2 Å². The minimum Gasteiger partial charge on any atom is -0.270 e. The summed E-state index contributed by atoms with van der Waals surface area (Å²) in [4.78, 5) is 11.6. The van der Waals surface area contributed by atoms with Gasteiger partial charge in [0.1, 0.15) is 0 Å². The maximum Gasteiger partial charge on any atom is 0.296 e. The lowest BCUT2D eigenvalue weighted by Gasteiger charge is -2.16. The molecule has 0 aliphatic carbocycles. The van der Waals surface area contributed by atoms with Crippen molar-refractivity contribution in [1.29, 1.82) is 0 Å². The molecule has 7 heteroatoms. The Bertz CT molecular complexity index is 458. The molecule has 0 saturated carbocycles. The van der Waals surface area contributed by atoms with Crippen LogP contribution in [0.2, 0.25) is 0 Å². The van der Waals surface area contributed by atoms with Gasteiger partial charge in [-0.3, -0.25) is 10.2 Å². The molecule has 0 spiro atoms. The van der Waals surface area contributed by atoms with E-state index in [0.717, 1.165) is 4.41 Å². The summed E-state index contributed by atoms with van der Waals surface area (Å²) >= 11 is 0. The van der Waals surface area contributed by atoms with Gasteiger partial charge in [0.05, 0.1) is 0 Å². The third-order valence-corrected chi connectivity index (χ3v) is 3.24. The van der Waals surface area contributed by atoms with Gasteiger partial charge in [0.2, 0.25) is 0 Å². The Morgan fingerprint density at radius 2 is 1.81 bits per heavy atom. The molecule has 0 bridgehead atoms. The molecular formula is C9H13N3O3S. The van der Waals surface area contributed by atoms with E-state index in [1.54, 1.807) is 30.3 Å². The highest BCUT2D eigenvalue weighted by molar-refractivity contribution is 7.87. The molecule has 1 aromatic rings. The molecule has 0 unspecified atom stereocenters. The number of rotatable bonds is 4. The summed E-state index contributed by atoms with van der Waals surface area (Å²) in [6.07, 6.45) is 0. The Morgan fingerprint density at radius 1 is 1.25 bits per heavy atom. The van der Waals surface area contributed by atoms with Gasteiger partial charge in [-0.1, -0.05) is 18.2 Å². The summed E-state index contributed by atoms with van der Waals surface area (Å²) in [5.41, 5.74) is 2.62. The molecule has 0 saturated heterocycles. The number of hydrazine groups is 1. The van der Waals surface area contributed by atoms with Crippen LogP contribution >= 0.6 is 0 Å². The Morgan fingerprint density at radius 3 is 2.31 bits per heavy atom. The number of benzene rings is 1. The molecule has 1 amide bonds. The predicted octanol–water partition coefficient (Wildman–Crippen LogP) is -0.273. The topological polar surface area (TPSA) is 78.5 Å². The minimum atomic E-state index is -3.65. The number of nitrogens with zero attached hydrogens (tertiary/aromatic N) is 1. The molecular weight excluding hydrogens is 230 g/mol. The fourth-order valence-corrected chi connectivity index (χ4v) is 1.47. The second-order valence-electron chi connectivity index (χ2n) is 2.98. The fourth-order valence-electron chi connectivity index (χ4n) is 0.994. The van der Waals surface area contributed by atoms with Crippen molar-refractivity contribution in [2.45, 2.75) is 0 Å². The van der Waals surface area contributed by atoms with Crippen LogP contribution in [-0.4, -0.2) is 32.8 Å². The highest BCUT2D eigenvalue weighted by atomic mass is 32.2. The van der Waals surface area contributed by atoms with Crippen molar-refractivity contribution in [3.63, 3.8) is 0 Å². The molecule has 0 radical (unpaired) electrons. The zero-order valence-electron chi connectivity index (χ0n) is 8.97. The van der Waals surface area contributed by atoms with Gasteiger partial charge in [0.15, 0.2) is 0 Å². The van der Waals surface area contributed by atoms with Crippen LogP contribution in [0.3, 0.4) is 0 Å². The van der Waals surface area contributed by atoms with E-state index in [4.69, 9.17) is 0 Å². The highest BCUT2D eigenvalue weighted by Gasteiger charge is 2.17. The van der Waals surface area contributed by atoms with E-state index in [0.29, 0.717) is 5.56 Å². The average molecular weight is 243 g/mol. The van der Waals surface area contributed by atoms with Crippen molar-refractivity contribution in [2.75, 3.05) is 14.1 Å². The lowest BCUT2D eigenvalue weighted by atomic mass is 10.2. The summed E-state index contributed by atoms with van der Waals surface area (Å²) in [5, 5.41) is 0. The van der Waals surface area contributed by atoms with Gasteiger partial charge in [-0.25, -0.2) is 4.72 Å². The second-order valence-corrected chi connectivity index (χ2v) is 4.89. The molecule has 0 aliphatic heterocycles. The van der Waals surface area contributed by atoms with Crippen molar-refractivity contribution in [1.82, 2.24) is 14.6 Å². The van der Waals surface area contributed by atoms with Crippen LogP contribution in [0.5, 0.6) is 0 Å². The van der Waals surface area contributed by atoms with E-state index < -0.39 is 16.1 Å². The first-order chi connectivity index (χ1) is 7.47. The summed E-state index contributed by atoms with van der Waals surface area (Å²) in [6.45, 7) is 0. The van der Waals surface area contributed by atoms with Gasteiger partial charge in [-0.15, -0.1) is 4.41 Å². The van der Waals surface area contributed by atoms with Gasteiger partial charge < -0.3 is 0 Å². The third-order valence-electron chi connectivity index (χ3n) is 1.91. The van der Waals surface area contributed by atoms with Crippen molar-refractivity contribution in [2.24, 2.45) is 0 Å². The molecule has 88 valence electrons. The van der Waals surface area contributed by atoms with E-state index in [9.17, 15) is 13.2 Å². The van der Waals surface area contributed by atoms with Crippen LogP contribution in [0.25, 0.3) is 0 Å². The van der Waals surface area contributed by atoms with E-state index in [2.05, 4.69) is 10.1 Å². The Labute approximate surface area is 94.4 Å². The van der Waals surface area contributed by atoms with E-state index >= 15 is 0 Å². The maximum absolute atomic E-state index is 11.6. The lowest BCUT2D eigenvalue weighted by Crippen LogP contribution is -2.47. The highest BCUT2D eigenvalue weighted by Crippen LogP contribution is 1.99. The third kappa shape index (κ3) is 3.02. The van der Waals surface area contributed by atoms with Gasteiger partial charge >= 0.3 is 0 Å². The Balaban J connectivity index is 2.74. The van der Waals surface area contributed by atoms with Crippen LogP contribution in [0.1, 0.15) is 10.4 Å². The van der Waals surface area contributed by atoms with Gasteiger partial charge in [0.25, 0.3) is 16.1 Å². The van der Waals surface area contributed by atoms with Crippen molar-refractivity contribution in [3.05, 3.63) is 35.9 Å². The Kier molecular flexibility index (Phi) is 3.99. The zero-order valence-corrected chi connectivity index (χ0v) is 9.78. The summed E-state index contributed by atoms with van der Waals surface area (Å²) in [7, 11) is -1.14. The summed E-state index contributed by atoms with van der Waals surface area (Å²) in [5.74, 6) is -0.484. The number of carbonyl (C=O) groups is 1. The molecule has 0 heterocycles. The number of carbonyl (C=O) groups excluding carboxylic acids is 1. The first-order valence-electron chi connectivity index (χ1n) is 4.51. The number of amides is 1. The van der Waals surface area contributed by atoms with Gasteiger partial charge in [0, 0.05) is 19.7 Å². The van der Waals surface area contributed by atoms with Crippen LogP contribution in [0, 0.1) is 0 Å². The minimum absolute atomic E-state index is 0.389. The van der Waals surface area contributed by atoms with Crippen LogP contribution in [0.4, 0.5) is 0 Å². The first-order valence-corrected chi connectivity index (χ1v) is 5.95. The molecule has 6 nitrogen and oxygen atoms in total. The molecule has 16 heavy (non-hydrogen) atoms.